The lowest BCUT2D eigenvalue weighted by atomic mass is 9.45. The topological polar surface area (TPSA) is 115 Å². The zero-order valence-corrected chi connectivity index (χ0v) is 30.3. The van der Waals surface area contributed by atoms with Gasteiger partial charge in [0.15, 0.2) is 5.96 Å². The average Bonchev–Trinajstić information content (AvgIpc) is 3.05. The predicted octanol–water partition coefficient (Wildman–Crippen LogP) is 5.38. The Balaban J connectivity index is 1.24. The number of aromatic nitrogens is 2. The van der Waals surface area contributed by atoms with Gasteiger partial charge in [-0.3, -0.25) is 14.2 Å². The number of piperidine rings is 1. The number of rotatable bonds is 6. The van der Waals surface area contributed by atoms with Crippen LogP contribution in [0.1, 0.15) is 58.9 Å². The van der Waals surface area contributed by atoms with Crippen LogP contribution < -0.4 is 21.1 Å². The first-order valence-corrected chi connectivity index (χ1v) is 18.4. The van der Waals surface area contributed by atoms with Gasteiger partial charge in [-0.2, -0.15) is 0 Å². The Hall–Kier alpha value is -3.34. The number of aliphatic hydroxyl groups excluding tert-OH is 1. The molecular formula is C37H47Cl2N7O3. The summed E-state index contributed by atoms with van der Waals surface area (Å²) >= 11 is 12.6. The van der Waals surface area contributed by atoms with Gasteiger partial charge in [0.05, 0.1) is 29.2 Å². The van der Waals surface area contributed by atoms with E-state index in [1.165, 1.54) is 6.42 Å². The number of benzene rings is 2. The number of halogens is 2. The lowest BCUT2D eigenvalue weighted by Crippen LogP contribution is -2.63. The van der Waals surface area contributed by atoms with Crippen LogP contribution in [0.15, 0.2) is 46.2 Å². The van der Waals surface area contributed by atoms with E-state index in [-0.39, 0.29) is 36.2 Å². The van der Waals surface area contributed by atoms with E-state index in [0.29, 0.717) is 107 Å². The summed E-state index contributed by atoms with van der Waals surface area (Å²) < 4.78 is 1.73. The molecule has 1 amide bonds. The SMILES string of the molecule is C[C@H]1[C@@H](NC(=Nc2ccc3c(=O)n(CCc4ccc(Cl)cc4Cl)c(N4CCC(O)CC4)nc3c2)N2CC(=O)N[C@@H](C)C2)C[C@H]2C[C@H]1C2(C)C. The number of piperazine rings is 1. The van der Waals surface area contributed by atoms with Gasteiger partial charge >= 0.3 is 0 Å². The van der Waals surface area contributed by atoms with E-state index in [2.05, 4.69) is 36.3 Å². The lowest BCUT2D eigenvalue weighted by molar-refractivity contribution is -0.124. The molecule has 0 spiro atoms. The first-order valence-electron chi connectivity index (χ1n) is 17.7. The van der Waals surface area contributed by atoms with Crippen molar-refractivity contribution in [1.82, 2.24) is 25.1 Å². The molecular weight excluding hydrogens is 661 g/mol. The van der Waals surface area contributed by atoms with Crippen molar-refractivity contribution in [3.63, 3.8) is 0 Å². The van der Waals surface area contributed by atoms with Crippen molar-refractivity contribution in [1.29, 1.82) is 0 Å². The molecule has 5 atom stereocenters. The summed E-state index contributed by atoms with van der Waals surface area (Å²) in [7, 11) is 0. The van der Waals surface area contributed by atoms with E-state index in [0.717, 1.165) is 12.0 Å². The highest BCUT2D eigenvalue weighted by Gasteiger charge is 2.56. The van der Waals surface area contributed by atoms with Gasteiger partial charge in [-0.1, -0.05) is 50.0 Å². The molecule has 10 nitrogen and oxygen atoms in total. The maximum Gasteiger partial charge on any atom is 0.262 e. The summed E-state index contributed by atoms with van der Waals surface area (Å²) in [6.07, 6.45) is 3.74. The first kappa shape index (κ1) is 34.1. The number of nitrogens with zero attached hydrogens (tertiary/aromatic N) is 5. The number of aliphatic hydroxyl groups is 1. The third-order valence-corrected chi connectivity index (χ3v) is 12.3. The lowest BCUT2D eigenvalue weighted by Gasteiger charge is -2.62. The molecule has 3 N–H and O–H groups in total. The zero-order valence-electron chi connectivity index (χ0n) is 28.8. The number of hydrogen-bond acceptors (Lipinski definition) is 6. The number of hydrogen-bond donors (Lipinski definition) is 3. The van der Waals surface area contributed by atoms with Crippen molar-refractivity contribution in [2.45, 2.75) is 84.5 Å². The van der Waals surface area contributed by atoms with Crippen LogP contribution in [-0.2, 0) is 17.8 Å². The van der Waals surface area contributed by atoms with E-state index in [1.807, 2.05) is 36.1 Å². The molecule has 3 aromatic rings. The van der Waals surface area contributed by atoms with Gasteiger partial charge in [-0.25, -0.2) is 9.98 Å². The highest BCUT2D eigenvalue weighted by molar-refractivity contribution is 6.35. The number of carbonyl (C=O) groups is 1. The van der Waals surface area contributed by atoms with Crippen molar-refractivity contribution >= 4 is 57.6 Å². The number of amides is 1. The molecule has 3 heterocycles. The molecule has 0 radical (unpaired) electrons. The summed E-state index contributed by atoms with van der Waals surface area (Å²) in [4.78, 5) is 41.2. The maximum absolute atomic E-state index is 14.1. The normalized spacial score (nSPS) is 27.2. The molecule has 262 valence electrons. The van der Waals surface area contributed by atoms with Gasteiger partial charge in [-0.05, 0) is 98.1 Å². The van der Waals surface area contributed by atoms with E-state index in [9.17, 15) is 14.7 Å². The summed E-state index contributed by atoms with van der Waals surface area (Å²) in [6, 6.07) is 11.2. The smallest absolute Gasteiger partial charge is 0.262 e. The maximum atomic E-state index is 14.1. The van der Waals surface area contributed by atoms with Crippen LogP contribution in [0, 0.1) is 23.2 Å². The predicted molar refractivity (Wildman–Crippen MR) is 196 cm³/mol. The molecule has 8 rings (SSSR count). The van der Waals surface area contributed by atoms with Crippen molar-refractivity contribution < 1.29 is 9.90 Å². The van der Waals surface area contributed by atoms with Gasteiger partial charge in [-0.15, -0.1) is 0 Å². The summed E-state index contributed by atoms with van der Waals surface area (Å²) in [5.74, 6) is 3.06. The molecule has 5 fully saturated rings. The zero-order chi connectivity index (χ0) is 34.6. The fraction of sp³-hybridized carbons (Fsp3) is 0.568. The number of carbonyl (C=O) groups excluding carboxylic acids is 1. The van der Waals surface area contributed by atoms with Crippen LogP contribution in [-0.4, -0.2) is 75.8 Å². The number of aryl methyl sites for hydroxylation is 1. The number of nitrogens with one attached hydrogen (secondary N) is 2. The van der Waals surface area contributed by atoms with E-state index < -0.39 is 0 Å². The Bertz CT molecular complexity index is 1840. The van der Waals surface area contributed by atoms with Gasteiger partial charge in [0.25, 0.3) is 5.56 Å². The second-order valence-electron chi connectivity index (χ2n) is 15.3. The quantitative estimate of drug-likeness (QED) is 0.233. The molecule has 5 aliphatic rings. The van der Waals surface area contributed by atoms with Crippen molar-refractivity contribution in [2.24, 2.45) is 28.2 Å². The Morgan fingerprint density at radius 3 is 2.57 bits per heavy atom. The molecule has 3 saturated carbocycles. The Morgan fingerprint density at radius 2 is 1.88 bits per heavy atom. The van der Waals surface area contributed by atoms with Gasteiger partial charge in [0.2, 0.25) is 11.9 Å². The molecule has 3 aliphatic carbocycles. The third-order valence-electron chi connectivity index (χ3n) is 11.7. The number of fused-ring (bicyclic) bond motifs is 3. The van der Waals surface area contributed by atoms with Crippen LogP contribution in [0.5, 0.6) is 0 Å². The van der Waals surface area contributed by atoms with E-state index in [1.54, 1.807) is 16.7 Å². The Labute approximate surface area is 297 Å². The average molecular weight is 709 g/mol. The fourth-order valence-corrected chi connectivity index (χ4v) is 9.15. The highest BCUT2D eigenvalue weighted by atomic mass is 35.5. The van der Waals surface area contributed by atoms with Crippen LogP contribution >= 0.6 is 23.2 Å². The third kappa shape index (κ3) is 6.76. The molecule has 0 unspecified atom stereocenters. The molecule has 2 aliphatic heterocycles. The minimum absolute atomic E-state index is 0.00511. The molecule has 2 bridgehead atoms. The minimum Gasteiger partial charge on any atom is -0.393 e. The molecule has 1 aromatic heterocycles. The highest BCUT2D eigenvalue weighted by Crippen LogP contribution is 2.61. The number of guanidine groups is 1. The van der Waals surface area contributed by atoms with Crippen molar-refractivity contribution in [2.75, 3.05) is 31.1 Å². The second-order valence-corrected chi connectivity index (χ2v) is 16.1. The van der Waals surface area contributed by atoms with Crippen LogP contribution in [0.2, 0.25) is 10.0 Å². The van der Waals surface area contributed by atoms with Crippen LogP contribution in [0.3, 0.4) is 0 Å². The Morgan fingerprint density at radius 1 is 1.10 bits per heavy atom. The van der Waals surface area contributed by atoms with Gasteiger partial charge in [0.1, 0.15) is 0 Å². The summed E-state index contributed by atoms with van der Waals surface area (Å²) in [6.45, 7) is 11.6. The van der Waals surface area contributed by atoms with Gasteiger partial charge < -0.3 is 25.5 Å². The largest absolute Gasteiger partial charge is 0.393 e. The molecule has 49 heavy (non-hydrogen) atoms. The van der Waals surface area contributed by atoms with E-state index >= 15 is 0 Å². The van der Waals surface area contributed by atoms with Crippen LogP contribution in [0.4, 0.5) is 11.6 Å². The molecule has 2 aromatic carbocycles. The van der Waals surface area contributed by atoms with E-state index in [4.69, 9.17) is 33.2 Å². The molecule has 12 heteroatoms. The fourth-order valence-electron chi connectivity index (χ4n) is 8.65. The van der Waals surface area contributed by atoms with Crippen LogP contribution in [0.25, 0.3) is 10.9 Å². The standard InChI is InChI=1S/C37H47Cl2N7O3/c1-21-19-45(20-33(48)40-21)35(42-31-16-24-15-29(22(31)2)37(24,3)4)41-26-7-8-28-32(18-26)43-36(44-12-10-27(47)11-13-44)46(34(28)49)14-9-23-5-6-25(38)17-30(23)39/h5-8,17-18,21-22,24,27,29,31,47H,9-16,19-20H2,1-4H3,(H,40,48)(H,41,42)/t21-,22+,24+,29+,31-/m0/s1. The first-order chi connectivity index (χ1) is 23.4. The minimum atomic E-state index is -0.361. The monoisotopic (exact) mass is 707 g/mol. The van der Waals surface area contributed by atoms with Crippen molar-refractivity contribution in [3.8, 4) is 0 Å². The van der Waals surface area contributed by atoms with Crippen molar-refractivity contribution in [3.05, 3.63) is 62.4 Å². The molecule has 2 saturated heterocycles. The summed E-state index contributed by atoms with van der Waals surface area (Å²) in [5.41, 5.74) is 2.35. The number of aliphatic imine (C=N–C) groups is 1. The number of anilines is 1. The van der Waals surface area contributed by atoms with Gasteiger partial charge in [0, 0.05) is 48.3 Å². The second kappa shape index (κ2) is 13.4. The Kier molecular flexibility index (Phi) is 9.34. The summed E-state index contributed by atoms with van der Waals surface area (Å²) in [5, 5.41) is 18.7.